The molecule has 7 rings (SSSR count). The van der Waals surface area contributed by atoms with E-state index in [4.69, 9.17) is 9.47 Å². The first kappa shape index (κ1) is 69.2. The summed E-state index contributed by atoms with van der Waals surface area (Å²) in [5, 5.41) is 24.1. The molecule has 10 atom stereocenters. The number of likely N-dealkylation sites (N-methyl/N-ethyl adjacent to an activating group) is 2. The van der Waals surface area contributed by atoms with Crippen molar-refractivity contribution in [1.82, 2.24) is 52.3 Å². The summed E-state index contributed by atoms with van der Waals surface area (Å²) in [6.45, 7) is 15.2. The Hall–Kier alpha value is -8.30. The lowest BCUT2D eigenvalue weighted by molar-refractivity contribution is -0.144. The smallest absolute Gasteiger partial charge is 0.251 e. The van der Waals surface area contributed by atoms with E-state index in [1.807, 2.05) is 163 Å². The van der Waals surface area contributed by atoms with Gasteiger partial charge in [-0.05, 0) is 111 Å². The van der Waals surface area contributed by atoms with Crippen LogP contribution >= 0.6 is 0 Å². The molecule has 2 fully saturated rings. The van der Waals surface area contributed by atoms with Crippen LogP contribution in [0.5, 0.6) is 0 Å². The minimum absolute atomic E-state index is 0.0470. The highest BCUT2D eigenvalue weighted by Gasteiger charge is 2.48. The Morgan fingerprint density at radius 1 is 0.456 bits per heavy atom. The number of carbonyl (C=O) groups excluding carboxylic acids is 8. The number of carbonyl (C=O) groups is 8. The SMILES string of the molecule is CN[C@@H](C)C(=O)N[C@H](C(=O)N1C[C@@H](NC(=O)c2ccc(C(=O)N[C@H]3C[C@@H](C(=O)N[C@H](COCc4ccccc4)Cc4ccccc4)N(C(=O)[C@@H](NC(=O)[C@H](C)NC)C(C)(C)C)C3)cc2)C[C@H]1C(=O)N[C@H](COCc1ccccc1)Cc1ccccc1)C(C)(C)C. The van der Waals surface area contributed by atoms with Crippen molar-refractivity contribution in [3.8, 4) is 0 Å². The number of hydrogen-bond acceptors (Lipinski definition) is 12. The number of likely N-dealkylation sites (tertiary alicyclic amines) is 2. The largest absolute Gasteiger partial charge is 0.375 e. The molecule has 0 aliphatic carbocycles. The Labute approximate surface area is 530 Å². The van der Waals surface area contributed by atoms with Gasteiger partial charge in [-0.15, -0.1) is 0 Å². The minimum atomic E-state index is -1.05. The number of ether oxygens (including phenoxy) is 2. The molecule has 90 heavy (non-hydrogen) atoms. The zero-order valence-electron chi connectivity index (χ0n) is 53.7. The highest BCUT2D eigenvalue weighted by atomic mass is 16.5. The topological polar surface area (TPSA) is 258 Å². The summed E-state index contributed by atoms with van der Waals surface area (Å²) in [5.41, 5.74) is 2.71. The molecule has 2 heterocycles. The van der Waals surface area contributed by atoms with Gasteiger partial charge in [-0.3, -0.25) is 38.4 Å². The van der Waals surface area contributed by atoms with Gasteiger partial charge in [-0.2, -0.15) is 0 Å². The summed E-state index contributed by atoms with van der Waals surface area (Å²) >= 11 is 0. The number of nitrogens with zero attached hydrogens (tertiary/aromatic N) is 2. The predicted octanol–water partition coefficient (Wildman–Crippen LogP) is 5.25. The van der Waals surface area contributed by atoms with Gasteiger partial charge in [-0.25, -0.2) is 0 Å². The van der Waals surface area contributed by atoms with Gasteiger partial charge < -0.3 is 61.8 Å². The molecular formula is C70H92N10O10. The van der Waals surface area contributed by atoms with Crippen molar-refractivity contribution in [3.05, 3.63) is 179 Å². The Bertz CT molecular complexity index is 2970. The molecule has 20 heteroatoms. The molecule has 0 radical (unpaired) electrons. The molecule has 5 aromatic carbocycles. The van der Waals surface area contributed by atoms with Crippen molar-refractivity contribution in [3.63, 3.8) is 0 Å². The molecule has 482 valence electrons. The van der Waals surface area contributed by atoms with Crippen LogP contribution in [-0.2, 0) is 64.3 Å². The second kappa shape index (κ2) is 32.4. The van der Waals surface area contributed by atoms with Crippen LogP contribution in [0.1, 0.15) is 111 Å². The average Bonchev–Trinajstić information content (AvgIpc) is 1.86. The average molecular weight is 1230 g/mol. The van der Waals surface area contributed by atoms with Crippen molar-refractivity contribution in [1.29, 1.82) is 0 Å². The van der Waals surface area contributed by atoms with E-state index in [1.54, 1.807) is 27.9 Å². The van der Waals surface area contributed by atoms with Crippen molar-refractivity contribution >= 4 is 47.3 Å². The normalized spacial score (nSPS) is 18.6. The maximum absolute atomic E-state index is 14.9. The molecule has 8 amide bonds. The fourth-order valence-electron chi connectivity index (χ4n) is 11.1. The molecule has 20 nitrogen and oxygen atoms in total. The third kappa shape index (κ3) is 19.8. The van der Waals surface area contributed by atoms with Gasteiger partial charge in [0, 0.05) is 36.3 Å². The van der Waals surface area contributed by atoms with E-state index in [9.17, 15) is 38.4 Å². The quantitative estimate of drug-likeness (QED) is 0.0320. The number of rotatable bonds is 28. The summed E-state index contributed by atoms with van der Waals surface area (Å²) in [5.74, 6) is -3.67. The molecule has 2 saturated heterocycles. The Morgan fingerprint density at radius 3 is 1.07 bits per heavy atom. The lowest BCUT2D eigenvalue weighted by Gasteiger charge is -2.36. The van der Waals surface area contributed by atoms with Crippen LogP contribution < -0.4 is 42.5 Å². The van der Waals surface area contributed by atoms with Crippen molar-refractivity contribution in [2.24, 2.45) is 10.8 Å². The van der Waals surface area contributed by atoms with Gasteiger partial charge in [0.1, 0.15) is 24.2 Å². The van der Waals surface area contributed by atoms with E-state index in [-0.39, 0.29) is 50.3 Å². The highest BCUT2D eigenvalue weighted by molar-refractivity contribution is 5.99. The molecule has 0 saturated carbocycles. The second-order valence-corrected chi connectivity index (χ2v) is 25.8. The van der Waals surface area contributed by atoms with Crippen LogP contribution in [0.3, 0.4) is 0 Å². The van der Waals surface area contributed by atoms with E-state index in [1.165, 1.54) is 34.1 Å². The maximum Gasteiger partial charge on any atom is 0.251 e. The first-order valence-electron chi connectivity index (χ1n) is 31.1. The highest BCUT2D eigenvalue weighted by Crippen LogP contribution is 2.29. The number of amides is 8. The van der Waals surface area contributed by atoms with Crippen LogP contribution in [0.25, 0.3) is 0 Å². The predicted molar refractivity (Wildman–Crippen MR) is 345 cm³/mol. The van der Waals surface area contributed by atoms with Crippen molar-refractivity contribution in [2.45, 2.75) is 155 Å². The van der Waals surface area contributed by atoms with E-state index in [0.717, 1.165) is 22.3 Å². The van der Waals surface area contributed by atoms with Gasteiger partial charge >= 0.3 is 0 Å². The van der Waals surface area contributed by atoms with E-state index in [0.29, 0.717) is 26.1 Å². The fraction of sp³-hybridized carbons (Fsp3) is 0.457. The Kier molecular flexibility index (Phi) is 24.9. The third-order valence-corrected chi connectivity index (χ3v) is 16.5. The first-order chi connectivity index (χ1) is 42.9. The van der Waals surface area contributed by atoms with Crippen LogP contribution in [0.15, 0.2) is 146 Å². The van der Waals surface area contributed by atoms with Crippen LogP contribution in [0.2, 0.25) is 0 Å². The summed E-state index contributed by atoms with van der Waals surface area (Å²) in [7, 11) is 3.29. The van der Waals surface area contributed by atoms with Gasteiger partial charge in [-0.1, -0.05) is 163 Å². The monoisotopic (exact) mass is 1230 g/mol. The van der Waals surface area contributed by atoms with Gasteiger partial charge in [0.25, 0.3) is 11.8 Å². The lowest BCUT2D eigenvalue weighted by atomic mass is 9.85. The molecule has 0 spiro atoms. The standard InChI is InChI=1S/C70H92N10O10/c1-45(71-9)61(81)77-59(69(3,4)5)67(87)79-39-53(37-57(79)65(85)75-55(35-47-23-15-11-16-24-47)43-89-41-49-27-19-13-20-28-49)73-63(83)51-31-33-52(34-32-51)64(84)74-54-38-58(80(40-54)68(88)60(70(6,7)8)78-62(82)46(2)72-10)66(86)76-56(36-48-25-17-12-18-26-48)44-90-42-50-29-21-14-22-30-50/h11-34,45-46,53-60,71-72H,35-44H2,1-10H3,(H,73,83)(H,74,84)(H,75,85)(H,76,86)(H,77,81)(H,78,82)/t45-,46-,53-,54-,55-,56-,57-,58-,59+,60+/m0/s1. The van der Waals surface area contributed by atoms with E-state index >= 15 is 0 Å². The molecule has 5 aromatic rings. The molecular weight excluding hydrogens is 1140 g/mol. The molecule has 8 N–H and O–H groups in total. The van der Waals surface area contributed by atoms with Crippen LogP contribution in [0.4, 0.5) is 0 Å². The molecule has 2 aliphatic heterocycles. The van der Waals surface area contributed by atoms with Gasteiger partial charge in [0.05, 0.1) is 50.6 Å². The third-order valence-electron chi connectivity index (χ3n) is 16.5. The van der Waals surface area contributed by atoms with Crippen LogP contribution in [-0.4, -0.2) is 158 Å². The van der Waals surface area contributed by atoms with Crippen molar-refractivity contribution in [2.75, 3.05) is 40.4 Å². The lowest BCUT2D eigenvalue weighted by Crippen LogP contribution is -2.60. The Balaban J connectivity index is 1.08. The molecule has 0 bridgehead atoms. The van der Waals surface area contributed by atoms with Crippen LogP contribution in [0, 0.1) is 10.8 Å². The second-order valence-electron chi connectivity index (χ2n) is 25.8. The van der Waals surface area contributed by atoms with Gasteiger partial charge in [0.15, 0.2) is 0 Å². The summed E-state index contributed by atoms with van der Waals surface area (Å²) in [6, 6.07) is 36.9. The van der Waals surface area contributed by atoms with E-state index < -0.39 is 119 Å². The zero-order valence-corrected chi connectivity index (χ0v) is 53.7. The minimum Gasteiger partial charge on any atom is -0.375 e. The van der Waals surface area contributed by atoms with Crippen molar-refractivity contribution < 1.29 is 47.8 Å². The van der Waals surface area contributed by atoms with E-state index in [2.05, 4.69) is 42.5 Å². The first-order valence-corrected chi connectivity index (χ1v) is 31.1. The van der Waals surface area contributed by atoms with Gasteiger partial charge in [0.2, 0.25) is 35.4 Å². The summed E-state index contributed by atoms with van der Waals surface area (Å²) < 4.78 is 12.3. The summed E-state index contributed by atoms with van der Waals surface area (Å²) in [4.78, 5) is 117. The Morgan fingerprint density at radius 2 is 0.767 bits per heavy atom. The maximum atomic E-state index is 14.9. The molecule has 0 aromatic heterocycles. The fourth-order valence-corrected chi connectivity index (χ4v) is 11.1. The zero-order chi connectivity index (χ0) is 65.1. The molecule has 2 aliphatic rings. The number of nitrogens with one attached hydrogen (secondary N) is 8. The molecule has 0 unspecified atom stereocenters. The summed E-state index contributed by atoms with van der Waals surface area (Å²) in [6.07, 6.45) is 0.983. The number of hydrogen-bond donors (Lipinski definition) is 8. The number of benzene rings is 5.